The molecular formula is C9H5BrN4S. The maximum Gasteiger partial charge on any atom is 0.234 e. The molecule has 2 aromatic heterocycles. The molecule has 0 saturated heterocycles. The molecule has 0 bridgehead atoms. The summed E-state index contributed by atoms with van der Waals surface area (Å²) < 4.78 is 2.72. The molecule has 0 aliphatic carbocycles. The van der Waals surface area contributed by atoms with Crippen molar-refractivity contribution in [3.8, 4) is 10.6 Å². The van der Waals surface area contributed by atoms with Gasteiger partial charge in [0.2, 0.25) is 4.96 Å². The summed E-state index contributed by atoms with van der Waals surface area (Å²) in [5.41, 5.74) is 1.08. The molecular weight excluding hydrogens is 276 g/mol. The van der Waals surface area contributed by atoms with Crippen LogP contribution in [0.15, 0.2) is 35.1 Å². The molecule has 15 heavy (non-hydrogen) atoms. The molecule has 3 rings (SSSR count). The summed E-state index contributed by atoms with van der Waals surface area (Å²) in [6.07, 6.45) is 1.60. The van der Waals surface area contributed by atoms with Crippen LogP contribution in [-0.4, -0.2) is 19.8 Å². The van der Waals surface area contributed by atoms with Gasteiger partial charge in [-0.2, -0.15) is 9.61 Å². The Morgan fingerprint density at radius 1 is 1.27 bits per heavy atom. The molecule has 0 fully saturated rings. The van der Waals surface area contributed by atoms with Crippen LogP contribution in [0.1, 0.15) is 0 Å². The lowest BCUT2D eigenvalue weighted by Crippen LogP contribution is -1.82. The van der Waals surface area contributed by atoms with Gasteiger partial charge in [0, 0.05) is 10.0 Å². The third-order valence-electron chi connectivity index (χ3n) is 1.99. The molecule has 0 unspecified atom stereocenters. The SMILES string of the molecule is Brc1ccccc1-c1nn2cnnc2s1. The normalized spacial score (nSPS) is 11.0. The number of nitrogens with zero attached hydrogens (tertiary/aromatic N) is 4. The molecule has 0 aliphatic heterocycles. The lowest BCUT2D eigenvalue weighted by Gasteiger charge is -1.97. The van der Waals surface area contributed by atoms with Crippen LogP contribution in [0.5, 0.6) is 0 Å². The van der Waals surface area contributed by atoms with E-state index in [1.54, 1.807) is 10.8 Å². The van der Waals surface area contributed by atoms with Crippen molar-refractivity contribution in [2.45, 2.75) is 0 Å². The monoisotopic (exact) mass is 280 g/mol. The molecule has 0 saturated carbocycles. The van der Waals surface area contributed by atoms with Crippen LogP contribution in [0.4, 0.5) is 0 Å². The molecule has 3 aromatic rings. The van der Waals surface area contributed by atoms with Crippen molar-refractivity contribution in [3.05, 3.63) is 35.1 Å². The summed E-state index contributed by atoms with van der Waals surface area (Å²) in [7, 11) is 0. The van der Waals surface area contributed by atoms with Crippen molar-refractivity contribution in [1.82, 2.24) is 19.8 Å². The van der Waals surface area contributed by atoms with Gasteiger partial charge in [-0.3, -0.25) is 0 Å². The first-order valence-electron chi connectivity index (χ1n) is 4.26. The topological polar surface area (TPSA) is 43.1 Å². The van der Waals surface area contributed by atoms with Crippen molar-refractivity contribution in [2.75, 3.05) is 0 Å². The van der Waals surface area contributed by atoms with E-state index in [4.69, 9.17) is 0 Å². The number of halogens is 1. The van der Waals surface area contributed by atoms with E-state index < -0.39 is 0 Å². The minimum atomic E-state index is 0.806. The molecule has 1 aromatic carbocycles. The maximum absolute atomic E-state index is 4.38. The molecule has 0 N–H and O–H groups in total. The zero-order valence-corrected chi connectivity index (χ0v) is 9.86. The summed E-state index contributed by atoms with van der Waals surface area (Å²) in [6, 6.07) is 7.99. The van der Waals surface area contributed by atoms with Gasteiger partial charge in [0.25, 0.3) is 0 Å². The first-order valence-corrected chi connectivity index (χ1v) is 5.87. The lowest BCUT2D eigenvalue weighted by atomic mass is 10.2. The van der Waals surface area contributed by atoms with Crippen molar-refractivity contribution >= 4 is 32.2 Å². The van der Waals surface area contributed by atoms with Crippen LogP contribution in [0.2, 0.25) is 0 Å². The highest BCUT2D eigenvalue weighted by molar-refractivity contribution is 9.10. The van der Waals surface area contributed by atoms with Crippen LogP contribution in [-0.2, 0) is 0 Å². The van der Waals surface area contributed by atoms with Crippen molar-refractivity contribution < 1.29 is 0 Å². The lowest BCUT2D eigenvalue weighted by molar-refractivity contribution is 0.959. The van der Waals surface area contributed by atoms with Crippen LogP contribution in [0, 0.1) is 0 Å². The number of rotatable bonds is 1. The Morgan fingerprint density at radius 3 is 2.93 bits per heavy atom. The second kappa shape index (κ2) is 3.39. The van der Waals surface area contributed by atoms with E-state index >= 15 is 0 Å². The largest absolute Gasteiger partial charge is 0.234 e. The average molecular weight is 281 g/mol. The van der Waals surface area contributed by atoms with Crippen molar-refractivity contribution in [2.24, 2.45) is 0 Å². The highest BCUT2D eigenvalue weighted by Gasteiger charge is 2.09. The molecule has 0 radical (unpaired) electrons. The highest BCUT2D eigenvalue weighted by Crippen LogP contribution is 2.30. The van der Waals surface area contributed by atoms with Gasteiger partial charge in [-0.05, 0) is 6.07 Å². The van der Waals surface area contributed by atoms with E-state index in [0.29, 0.717) is 0 Å². The first kappa shape index (κ1) is 8.99. The Hall–Kier alpha value is -1.27. The Morgan fingerprint density at radius 2 is 2.13 bits per heavy atom. The van der Waals surface area contributed by atoms with E-state index in [1.807, 2.05) is 24.3 Å². The Kier molecular flexibility index (Phi) is 2.03. The highest BCUT2D eigenvalue weighted by atomic mass is 79.9. The maximum atomic E-state index is 4.38. The predicted molar refractivity (Wildman–Crippen MR) is 61.8 cm³/mol. The van der Waals surface area contributed by atoms with Crippen LogP contribution in [0.25, 0.3) is 15.5 Å². The van der Waals surface area contributed by atoms with E-state index in [2.05, 4.69) is 31.2 Å². The first-order chi connectivity index (χ1) is 7.34. The fourth-order valence-corrected chi connectivity index (χ4v) is 2.77. The molecule has 0 amide bonds. The Balaban J connectivity index is 2.22. The van der Waals surface area contributed by atoms with Gasteiger partial charge in [-0.15, -0.1) is 10.2 Å². The molecule has 6 heteroatoms. The summed E-state index contributed by atoms with van der Waals surface area (Å²) in [4.78, 5) is 0.806. The smallest absolute Gasteiger partial charge is 0.190 e. The van der Waals surface area contributed by atoms with Gasteiger partial charge in [0.1, 0.15) is 11.3 Å². The fourth-order valence-electron chi connectivity index (χ4n) is 1.30. The van der Waals surface area contributed by atoms with Crippen molar-refractivity contribution in [1.29, 1.82) is 0 Å². The van der Waals surface area contributed by atoms with Crippen molar-refractivity contribution in [3.63, 3.8) is 0 Å². The third-order valence-corrected chi connectivity index (χ3v) is 3.63. The predicted octanol–water partition coefficient (Wildman–Crippen LogP) is 2.62. The van der Waals surface area contributed by atoms with Gasteiger partial charge in [-0.1, -0.05) is 45.5 Å². The number of hydrogen-bond donors (Lipinski definition) is 0. The molecule has 0 atom stereocenters. The fraction of sp³-hybridized carbons (Fsp3) is 0. The summed E-state index contributed by atoms with van der Waals surface area (Å²) in [5, 5.41) is 13.0. The van der Waals surface area contributed by atoms with Crippen LogP contribution >= 0.6 is 27.3 Å². The molecule has 74 valence electrons. The average Bonchev–Trinajstić information content (AvgIpc) is 2.77. The summed E-state index contributed by atoms with van der Waals surface area (Å²) in [6.45, 7) is 0. The Labute approximate surface area is 97.7 Å². The van der Waals surface area contributed by atoms with E-state index in [-0.39, 0.29) is 0 Å². The van der Waals surface area contributed by atoms with Gasteiger partial charge in [0.15, 0.2) is 0 Å². The molecule has 0 aliphatic rings. The second-order valence-electron chi connectivity index (χ2n) is 2.95. The van der Waals surface area contributed by atoms with E-state index in [1.165, 1.54) is 11.3 Å². The number of hydrogen-bond acceptors (Lipinski definition) is 4. The Bertz CT molecular complexity index is 587. The van der Waals surface area contributed by atoms with Crippen LogP contribution < -0.4 is 0 Å². The van der Waals surface area contributed by atoms with Gasteiger partial charge in [-0.25, -0.2) is 0 Å². The van der Waals surface area contributed by atoms with Crippen LogP contribution in [0.3, 0.4) is 0 Å². The quantitative estimate of drug-likeness (QED) is 0.688. The van der Waals surface area contributed by atoms with Gasteiger partial charge < -0.3 is 0 Å². The minimum absolute atomic E-state index is 0.806. The van der Waals surface area contributed by atoms with E-state index in [9.17, 15) is 0 Å². The zero-order chi connectivity index (χ0) is 10.3. The van der Waals surface area contributed by atoms with Gasteiger partial charge in [0.05, 0.1) is 0 Å². The number of benzene rings is 1. The minimum Gasteiger partial charge on any atom is -0.190 e. The summed E-state index contributed by atoms with van der Waals surface area (Å²) in [5.74, 6) is 0. The number of aromatic nitrogens is 4. The van der Waals surface area contributed by atoms with Gasteiger partial charge >= 0.3 is 0 Å². The zero-order valence-electron chi connectivity index (χ0n) is 7.46. The summed E-state index contributed by atoms with van der Waals surface area (Å²) >= 11 is 5.02. The molecule has 4 nitrogen and oxygen atoms in total. The molecule has 0 spiro atoms. The molecule has 2 heterocycles. The third kappa shape index (κ3) is 1.46. The van der Waals surface area contributed by atoms with E-state index in [0.717, 1.165) is 20.0 Å². The standard InChI is InChI=1S/C9H5BrN4S/c10-7-4-2-1-3-6(7)8-13-14-5-11-12-9(14)15-8/h1-5H. The second-order valence-corrected chi connectivity index (χ2v) is 4.76. The number of fused-ring (bicyclic) bond motifs is 1.